The van der Waals surface area contributed by atoms with Crippen LogP contribution in [-0.4, -0.2) is 10.8 Å². The number of hydrogen-bond donors (Lipinski definition) is 1. The SMILES string of the molecule is CC(=O)CCCCc1c(C)[nH]c2ccccc12. The Hall–Kier alpha value is -1.57. The van der Waals surface area contributed by atoms with Crippen molar-refractivity contribution >= 4 is 16.7 Å². The second kappa shape index (κ2) is 5.17. The van der Waals surface area contributed by atoms with E-state index in [0.29, 0.717) is 12.2 Å². The zero-order chi connectivity index (χ0) is 12.3. The molecule has 2 rings (SSSR count). The Bertz CT molecular complexity index is 525. The molecule has 1 heterocycles. The molecule has 2 nitrogen and oxygen atoms in total. The molecule has 0 fully saturated rings. The molecule has 2 heteroatoms. The van der Waals surface area contributed by atoms with E-state index in [1.807, 2.05) is 0 Å². The molecule has 1 aromatic carbocycles. The Morgan fingerprint density at radius 1 is 1.24 bits per heavy atom. The first-order chi connectivity index (χ1) is 8.18. The van der Waals surface area contributed by atoms with Gasteiger partial charge in [-0.15, -0.1) is 0 Å². The number of carbonyl (C=O) groups excluding carboxylic acids is 1. The highest BCUT2D eigenvalue weighted by atomic mass is 16.1. The fraction of sp³-hybridized carbons (Fsp3) is 0.400. The van der Waals surface area contributed by atoms with Crippen LogP contribution in [0, 0.1) is 6.92 Å². The predicted octanol–water partition coefficient (Wildman–Crippen LogP) is 3.78. The Morgan fingerprint density at radius 2 is 2.00 bits per heavy atom. The van der Waals surface area contributed by atoms with E-state index in [1.54, 1.807) is 6.92 Å². The van der Waals surface area contributed by atoms with Crippen molar-refractivity contribution in [3.63, 3.8) is 0 Å². The zero-order valence-corrected chi connectivity index (χ0v) is 10.5. The van der Waals surface area contributed by atoms with Crippen LogP contribution in [-0.2, 0) is 11.2 Å². The zero-order valence-electron chi connectivity index (χ0n) is 10.5. The summed E-state index contributed by atoms with van der Waals surface area (Å²) in [6.07, 6.45) is 3.85. The number of para-hydroxylation sites is 1. The normalized spacial score (nSPS) is 10.9. The van der Waals surface area contributed by atoms with Gasteiger partial charge in [-0.2, -0.15) is 0 Å². The van der Waals surface area contributed by atoms with Gasteiger partial charge >= 0.3 is 0 Å². The number of hydrogen-bond acceptors (Lipinski definition) is 1. The van der Waals surface area contributed by atoms with Gasteiger partial charge in [0.15, 0.2) is 0 Å². The van der Waals surface area contributed by atoms with Gasteiger partial charge in [0.2, 0.25) is 0 Å². The molecule has 17 heavy (non-hydrogen) atoms. The Kier molecular flexibility index (Phi) is 3.62. The van der Waals surface area contributed by atoms with Crippen molar-refractivity contribution in [3.8, 4) is 0 Å². The van der Waals surface area contributed by atoms with E-state index in [2.05, 4.69) is 36.2 Å². The van der Waals surface area contributed by atoms with Gasteiger partial charge in [0.05, 0.1) is 0 Å². The molecule has 0 aliphatic carbocycles. The molecular weight excluding hydrogens is 210 g/mol. The lowest BCUT2D eigenvalue weighted by Gasteiger charge is -2.01. The molecule has 1 N–H and O–H groups in total. The summed E-state index contributed by atoms with van der Waals surface area (Å²) < 4.78 is 0. The van der Waals surface area contributed by atoms with Crippen molar-refractivity contribution in [2.24, 2.45) is 0 Å². The molecule has 90 valence electrons. The predicted molar refractivity (Wildman–Crippen MR) is 71.3 cm³/mol. The average Bonchev–Trinajstić information content (AvgIpc) is 2.60. The summed E-state index contributed by atoms with van der Waals surface area (Å²) in [5.41, 5.74) is 3.88. The molecule has 0 saturated heterocycles. The minimum Gasteiger partial charge on any atom is -0.358 e. The van der Waals surface area contributed by atoms with Crippen LogP contribution in [0.2, 0.25) is 0 Å². The molecule has 0 radical (unpaired) electrons. The van der Waals surface area contributed by atoms with Gasteiger partial charge in [-0.1, -0.05) is 18.2 Å². The Labute approximate surface area is 102 Å². The lowest BCUT2D eigenvalue weighted by atomic mass is 10.0. The maximum absolute atomic E-state index is 10.9. The van der Waals surface area contributed by atoms with Crippen LogP contribution in [0.3, 0.4) is 0 Å². The number of rotatable bonds is 5. The average molecular weight is 229 g/mol. The van der Waals surface area contributed by atoms with Gasteiger partial charge in [0.25, 0.3) is 0 Å². The Morgan fingerprint density at radius 3 is 2.76 bits per heavy atom. The maximum Gasteiger partial charge on any atom is 0.129 e. The molecule has 0 spiro atoms. The number of unbranched alkanes of at least 4 members (excludes halogenated alkanes) is 1. The van der Waals surface area contributed by atoms with Crippen LogP contribution in [0.1, 0.15) is 37.4 Å². The van der Waals surface area contributed by atoms with Crippen molar-refractivity contribution < 1.29 is 4.79 Å². The summed E-state index contributed by atoms with van der Waals surface area (Å²) in [5, 5.41) is 1.33. The molecule has 0 atom stereocenters. The number of aryl methyl sites for hydroxylation is 2. The smallest absolute Gasteiger partial charge is 0.129 e. The van der Waals surface area contributed by atoms with Gasteiger partial charge in [-0.3, -0.25) is 0 Å². The number of ketones is 1. The number of carbonyl (C=O) groups is 1. The number of H-pyrrole nitrogens is 1. The van der Waals surface area contributed by atoms with Crippen molar-refractivity contribution in [1.82, 2.24) is 4.98 Å². The largest absolute Gasteiger partial charge is 0.358 e. The van der Waals surface area contributed by atoms with Crippen molar-refractivity contribution in [2.45, 2.75) is 39.5 Å². The summed E-state index contributed by atoms with van der Waals surface area (Å²) in [6, 6.07) is 8.41. The third-order valence-corrected chi connectivity index (χ3v) is 3.23. The molecule has 0 aliphatic rings. The van der Waals surface area contributed by atoms with Gasteiger partial charge in [0, 0.05) is 23.0 Å². The number of fused-ring (bicyclic) bond motifs is 1. The highest BCUT2D eigenvalue weighted by molar-refractivity contribution is 5.84. The first-order valence-corrected chi connectivity index (χ1v) is 6.24. The molecular formula is C15H19NO. The summed E-state index contributed by atoms with van der Waals surface area (Å²) in [4.78, 5) is 14.3. The lowest BCUT2D eigenvalue weighted by molar-refractivity contribution is -0.117. The molecule has 0 amide bonds. The topological polar surface area (TPSA) is 32.9 Å². The number of benzene rings is 1. The third-order valence-electron chi connectivity index (χ3n) is 3.23. The fourth-order valence-corrected chi connectivity index (χ4v) is 2.33. The summed E-state index contributed by atoms with van der Waals surface area (Å²) in [6.45, 7) is 3.79. The highest BCUT2D eigenvalue weighted by Gasteiger charge is 2.07. The number of Topliss-reactive ketones (excluding diaryl/α,β-unsaturated/α-hetero) is 1. The van der Waals surface area contributed by atoms with Crippen LogP contribution in [0.25, 0.3) is 10.9 Å². The second-order valence-corrected chi connectivity index (χ2v) is 4.68. The highest BCUT2D eigenvalue weighted by Crippen LogP contribution is 2.23. The van der Waals surface area contributed by atoms with Gasteiger partial charge in [-0.25, -0.2) is 0 Å². The summed E-state index contributed by atoms with van der Waals surface area (Å²) >= 11 is 0. The minimum absolute atomic E-state index is 0.292. The van der Waals surface area contributed by atoms with Crippen LogP contribution in [0.5, 0.6) is 0 Å². The summed E-state index contributed by atoms with van der Waals surface area (Å²) in [7, 11) is 0. The van der Waals surface area contributed by atoms with E-state index < -0.39 is 0 Å². The van der Waals surface area contributed by atoms with Gasteiger partial charge < -0.3 is 9.78 Å². The molecule has 2 aromatic rings. The van der Waals surface area contributed by atoms with Crippen molar-refractivity contribution in [1.29, 1.82) is 0 Å². The molecule has 0 unspecified atom stereocenters. The maximum atomic E-state index is 10.9. The monoisotopic (exact) mass is 229 g/mol. The van der Waals surface area contributed by atoms with E-state index in [0.717, 1.165) is 19.3 Å². The summed E-state index contributed by atoms with van der Waals surface area (Å²) in [5.74, 6) is 0.292. The fourth-order valence-electron chi connectivity index (χ4n) is 2.33. The third kappa shape index (κ3) is 2.76. The number of aromatic nitrogens is 1. The van der Waals surface area contributed by atoms with Crippen LogP contribution in [0.4, 0.5) is 0 Å². The van der Waals surface area contributed by atoms with Crippen molar-refractivity contribution in [3.05, 3.63) is 35.5 Å². The van der Waals surface area contributed by atoms with Crippen LogP contribution in [0.15, 0.2) is 24.3 Å². The Balaban J connectivity index is 2.07. The quantitative estimate of drug-likeness (QED) is 0.778. The number of nitrogens with one attached hydrogen (secondary N) is 1. The van der Waals surface area contributed by atoms with E-state index in [-0.39, 0.29) is 0 Å². The van der Waals surface area contributed by atoms with E-state index in [1.165, 1.54) is 22.2 Å². The molecule has 0 bridgehead atoms. The van der Waals surface area contributed by atoms with E-state index in [9.17, 15) is 4.79 Å². The first kappa shape index (κ1) is 11.9. The van der Waals surface area contributed by atoms with E-state index >= 15 is 0 Å². The van der Waals surface area contributed by atoms with Crippen LogP contribution < -0.4 is 0 Å². The molecule has 1 aromatic heterocycles. The minimum atomic E-state index is 0.292. The first-order valence-electron chi connectivity index (χ1n) is 6.24. The molecule has 0 aliphatic heterocycles. The van der Waals surface area contributed by atoms with Crippen LogP contribution >= 0.6 is 0 Å². The van der Waals surface area contributed by atoms with E-state index in [4.69, 9.17) is 0 Å². The number of aromatic amines is 1. The lowest BCUT2D eigenvalue weighted by Crippen LogP contribution is -1.92. The van der Waals surface area contributed by atoms with Gasteiger partial charge in [0.1, 0.15) is 5.78 Å². The van der Waals surface area contributed by atoms with Crippen molar-refractivity contribution in [2.75, 3.05) is 0 Å². The standard InChI is InChI=1S/C15H19NO/c1-11(17)7-3-4-8-13-12(2)16-15-10-6-5-9-14(13)15/h5-6,9-10,16H,3-4,7-8H2,1-2H3. The second-order valence-electron chi connectivity index (χ2n) is 4.68. The van der Waals surface area contributed by atoms with Gasteiger partial charge in [-0.05, 0) is 44.7 Å². The molecule has 0 saturated carbocycles.